The van der Waals surface area contributed by atoms with Gasteiger partial charge >= 0.3 is 11.8 Å². The number of hydrogen-bond donors (Lipinski definition) is 2. The molecule has 0 fully saturated rings. The van der Waals surface area contributed by atoms with Gasteiger partial charge in [-0.05, 0) is 50.5 Å². The van der Waals surface area contributed by atoms with Gasteiger partial charge in [0, 0.05) is 38.1 Å². The summed E-state index contributed by atoms with van der Waals surface area (Å²) in [6, 6.07) is 5.29. The molecule has 0 saturated carbocycles. The smallest absolute Gasteiger partial charge is 0.313 e. The van der Waals surface area contributed by atoms with Crippen molar-refractivity contribution < 1.29 is 23.9 Å². The quantitative estimate of drug-likeness (QED) is 0.554. The van der Waals surface area contributed by atoms with Gasteiger partial charge in [-0.2, -0.15) is 0 Å². The number of amides is 3. The van der Waals surface area contributed by atoms with Crippen LogP contribution in [0, 0.1) is 0 Å². The molecule has 0 saturated heterocycles. The zero-order chi connectivity index (χ0) is 19.8. The zero-order valence-corrected chi connectivity index (χ0v) is 16.0. The Bertz CT molecular complexity index is 686. The number of carbonyl (C=O) groups is 3. The number of carbonyl (C=O) groups excluding carboxylic acids is 3. The molecular weight excluding hydrogens is 350 g/mol. The van der Waals surface area contributed by atoms with E-state index in [0.717, 1.165) is 24.1 Å². The summed E-state index contributed by atoms with van der Waals surface area (Å²) < 4.78 is 10.6. The molecule has 8 heteroatoms. The maximum Gasteiger partial charge on any atom is 0.313 e. The fraction of sp³-hybridized carbons (Fsp3) is 0.526. The molecule has 2 rings (SSSR count). The van der Waals surface area contributed by atoms with E-state index >= 15 is 0 Å². The summed E-state index contributed by atoms with van der Waals surface area (Å²) in [5.41, 5.74) is 2.35. The van der Waals surface area contributed by atoms with E-state index in [1.807, 2.05) is 13.8 Å². The van der Waals surface area contributed by atoms with E-state index in [1.165, 1.54) is 6.92 Å². The summed E-state index contributed by atoms with van der Waals surface area (Å²) in [5.74, 6) is -1.53. The number of aryl methyl sites for hydroxylation is 1. The highest BCUT2D eigenvalue weighted by molar-refractivity contribution is 6.39. The van der Waals surface area contributed by atoms with Crippen LogP contribution in [0.1, 0.15) is 32.8 Å². The fourth-order valence-electron chi connectivity index (χ4n) is 2.98. The molecule has 0 spiro atoms. The Labute approximate surface area is 159 Å². The van der Waals surface area contributed by atoms with E-state index in [1.54, 1.807) is 23.1 Å². The first-order valence-corrected chi connectivity index (χ1v) is 9.19. The molecule has 1 aliphatic rings. The Morgan fingerprint density at radius 3 is 2.48 bits per heavy atom. The minimum Gasteiger partial charge on any atom is -0.351 e. The minimum atomic E-state index is -0.763. The lowest BCUT2D eigenvalue weighted by atomic mass is 10.0. The Morgan fingerprint density at radius 1 is 1.15 bits per heavy atom. The lowest BCUT2D eigenvalue weighted by Crippen LogP contribution is -2.41. The molecular formula is C19H27N3O5. The van der Waals surface area contributed by atoms with Crippen LogP contribution in [0.5, 0.6) is 0 Å². The number of nitrogens with zero attached hydrogens (tertiary/aromatic N) is 1. The largest absolute Gasteiger partial charge is 0.351 e. The SMILES string of the molecule is CCOC(CNC(=O)C(=O)Nc1ccc2c(c1)CCCN2C(C)=O)OCC. The molecule has 0 unspecified atom stereocenters. The summed E-state index contributed by atoms with van der Waals surface area (Å²) in [7, 11) is 0. The van der Waals surface area contributed by atoms with E-state index in [0.29, 0.717) is 25.4 Å². The lowest BCUT2D eigenvalue weighted by molar-refractivity contribution is -0.145. The highest BCUT2D eigenvalue weighted by atomic mass is 16.7. The molecule has 1 heterocycles. The molecule has 27 heavy (non-hydrogen) atoms. The average molecular weight is 377 g/mol. The second-order valence-corrected chi connectivity index (χ2v) is 6.12. The van der Waals surface area contributed by atoms with Crippen molar-refractivity contribution in [1.82, 2.24) is 5.32 Å². The maximum absolute atomic E-state index is 12.1. The van der Waals surface area contributed by atoms with Gasteiger partial charge in [0.15, 0.2) is 6.29 Å². The van der Waals surface area contributed by atoms with Crippen molar-refractivity contribution in [3.05, 3.63) is 23.8 Å². The van der Waals surface area contributed by atoms with Gasteiger partial charge in [0.25, 0.3) is 0 Å². The number of benzene rings is 1. The first kappa shape index (κ1) is 20.9. The summed E-state index contributed by atoms with van der Waals surface area (Å²) in [5, 5.41) is 5.09. The molecule has 8 nitrogen and oxygen atoms in total. The van der Waals surface area contributed by atoms with Crippen LogP contribution in [-0.2, 0) is 30.3 Å². The van der Waals surface area contributed by atoms with Crippen molar-refractivity contribution in [1.29, 1.82) is 0 Å². The van der Waals surface area contributed by atoms with Gasteiger partial charge in [0.2, 0.25) is 5.91 Å². The number of nitrogens with one attached hydrogen (secondary N) is 2. The first-order valence-electron chi connectivity index (χ1n) is 9.19. The molecule has 1 aromatic carbocycles. The molecule has 2 N–H and O–H groups in total. The molecule has 148 valence electrons. The summed E-state index contributed by atoms with van der Waals surface area (Å²) in [6.07, 6.45) is 1.10. The summed E-state index contributed by atoms with van der Waals surface area (Å²) >= 11 is 0. The van der Waals surface area contributed by atoms with Gasteiger partial charge in [-0.3, -0.25) is 14.4 Å². The molecule has 3 amide bonds. The molecule has 0 bridgehead atoms. The Morgan fingerprint density at radius 2 is 1.85 bits per heavy atom. The highest BCUT2D eigenvalue weighted by Crippen LogP contribution is 2.29. The van der Waals surface area contributed by atoms with Crippen LogP contribution in [0.15, 0.2) is 18.2 Å². The van der Waals surface area contributed by atoms with Crippen LogP contribution in [0.25, 0.3) is 0 Å². The molecule has 0 atom stereocenters. The molecule has 1 aromatic rings. The monoisotopic (exact) mass is 377 g/mol. The standard InChI is InChI=1S/C19H27N3O5/c1-4-26-17(27-5-2)12-20-18(24)19(25)21-15-8-9-16-14(11-15)7-6-10-22(16)13(3)23/h8-9,11,17H,4-7,10,12H2,1-3H3,(H,20,24)(H,21,25). The number of hydrogen-bond acceptors (Lipinski definition) is 5. The molecule has 0 aromatic heterocycles. The fourth-order valence-corrected chi connectivity index (χ4v) is 2.98. The second kappa shape index (κ2) is 10.0. The van der Waals surface area contributed by atoms with Gasteiger partial charge in [-0.1, -0.05) is 0 Å². The Hall–Kier alpha value is -2.45. The number of rotatable bonds is 7. The Balaban J connectivity index is 1.95. The predicted molar refractivity (Wildman–Crippen MR) is 101 cm³/mol. The van der Waals surface area contributed by atoms with Crippen molar-refractivity contribution in [2.45, 2.75) is 39.9 Å². The van der Waals surface area contributed by atoms with Crippen LogP contribution in [0.3, 0.4) is 0 Å². The predicted octanol–water partition coefficient (Wildman–Crippen LogP) is 1.44. The van der Waals surface area contributed by atoms with Gasteiger partial charge in [-0.15, -0.1) is 0 Å². The van der Waals surface area contributed by atoms with E-state index < -0.39 is 18.1 Å². The van der Waals surface area contributed by atoms with Crippen molar-refractivity contribution in [2.24, 2.45) is 0 Å². The molecule has 1 aliphatic heterocycles. The third-order valence-corrected chi connectivity index (χ3v) is 4.18. The molecule has 0 aliphatic carbocycles. The first-order chi connectivity index (χ1) is 13.0. The van der Waals surface area contributed by atoms with E-state index in [4.69, 9.17) is 9.47 Å². The van der Waals surface area contributed by atoms with Crippen molar-refractivity contribution >= 4 is 29.1 Å². The lowest BCUT2D eigenvalue weighted by Gasteiger charge is -2.28. The zero-order valence-electron chi connectivity index (χ0n) is 16.0. The van der Waals surface area contributed by atoms with Crippen LogP contribution < -0.4 is 15.5 Å². The van der Waals surface area contributed by atoms with Crippen LogP contribution in [-0.4, -0.2) is 50.3 Å². The number of fused-ring (bicyclic) bond motifs is 1. The number of ether oxygens (including phenoxy) is 2. The van der Waals surface area contributed by atoms with Crippen LogP contribution in [0.2, 0.25) is 0 Å². The van der Waals surface area contributed by atoms with Gasteiger partial charge in [0.05, 0.1) is 6.54 Å². The highest BCUT2D eigenvalue weighted by Gasteiger charge is 2.21. The second-order valence-electron chi connectivity index (χ2n) is 6.12. The number of anilines is 2. The van der Waals surface area contributed by atoms with Crippen LogP contribution in [0.4, 0.5) is 11.4 Å². The van der Waals surface area contributed by atoms with Gasteiger partial charge in [-0.25, -0.2) is 0 Å². The maximum atomic E-state index is 12.1. The average Bonchev–Trinajstić information content (AvgIpc) is 2.65. The van der Waals surface area contributed by atoms with E-state index in [2.05, 4.69) is 10.6 Å². The van der Waals surface area contributed by atoms with Crippen LogP contribution >= 0.6 is 0 Å². The Kier molecular flexibility index (Phi) is 7.75. The van der Waals surface area contributed by atoms with E-state index in [9.17, 15) is 14.4 Å². The minimum absolute atomic E-state index is 0.00901. The van der Waals surface area contributed by atoms with Gasteiger partial charge in [0.1, 0.15) is 0 Å². The topological polar surface area (TPSA) is 97.0 Å². The van der Waals surface area contributed by atoms with Crippen molar-refractivity contribution in [3.63, 3.8) is 0 Å². The van der Waals surface area contributed by atoms with Gasteiger partial charge < -0.3 is 25.0 Å². The van der Waals surface area contributed by atoms with Crippen molar-refractivity contribution in [2.75, 3.05) is 36.5 Å². The third kappa shape index (κ3) is 5.77. The summed E-state index contributed by atoms with van der Waals surface area (Å²) in [6.45, 7) is 6.85. The molecule has 0 radical (unpaired) electrons. The van der Waals surface area contributed by atoms with E-state index in [-0.39, 0.29) is 12.5 Å². The van der Waals surface area contributed by atoms with Crippen molar-refractivity contribution in [3.8, 4) is 0 Å². The normalized spacial score (nSPS) is 13.3. The summed E-state index contributed by atoms with van der Waals surface area (Å²) in [4.78, 5) is 37.6. The third-order valence-electron chi connectivity index (χ3n) is 4.18.